The van der Waals surface area contributed by atoms with Crippen molar-refractivity contribution in [1.29, 1.82) is 0 Å². The summed E-state index contributed by atoms with van der Waals surface area (Å²) in [5.74, 6) is -0.492. The van der Waals surface area contributed by atoms with Gasteiger partial charge < -0.3 is 15.0 Å². The van der Waals surface area contributed by atoms with Gasteiger partial charge >= 0.3 is 0 Å². The molecule has 0 atom stereocenters. The quantitative estimate of drug-likeness (QED) is 0.506. The molecule has 1 heterocycles. The van der Waals surface area contributed by atoms with E-state index in [4.69, 9.17) is 16.3 Å². The molecule has 0 radical (unpaired) electrons. The number of carbonyl (C=O) groups is 1. The first-order valence-electron chi connectivity index (χ1n) is 10.9. The lowest BCUT2D eigenvalue weighted by atomic mass is 10.1. The molecule has 7 nitrogen and oxygen atoms in total. The van der Waals surface area contributed by atoms with Gasteiger partial charge in [-0.15, -0.1) is 0 Å². The molecule has 3 aromatic rings. The number of benzene rings is 3. The molecule has 1 aliphatic heterocycles. The van der Waals surface area contributed by atoms with Crippen LogP contribution in [0.25, 0.3) is 0 Å². The first-order chi connectivity index (χ1) is 16.2. The van der Waals surface area contributed by atoms with Gasteiger partial charge in [-0.05, 0) is 67.4 Å². The maximum atomic E-state index is 13.1. The zero-order valence-electron chi connectivity index (χ0n) is 19.0. The van der Waals surface area contributed by atoms with Crippen molar-refractivity contribution in [1.82, 2.24) is 0 Å². The van der Waals surface area contributed by atoms with Crippen molar-refractivity contribution in [2.24, 2.45) is 0 Å². The second-order valence-corrected chi connectivity index (χ2v) is 10.2. The summed E-state index contributed by atoms with van der Waals surface area (Å²) in [5, 5.41) is 3.04. The van der Waals surface area contributed by atoms with Crippen molar-refractivity contribution in [2.45, 2.75) is 18.7 Å². The maximum Gasteiger partial charge on any atom is 0.261 e. The number of hydrogen-bond donors (Lipinski definition) is 2. The van der Waals surface area contributed by atoms with Crippen LogP contribution < -0.4 is 14.9 Å². The highest BCUT2D eigenvalue weighted by atomic mass is 35.5. The van der Waals surface area contributed by atoms with E-state index >= 15 is 0 Å². The van der Waals surface area contributed by atoms with Crippen LogP contribution >= 0.6 is 11.6 Å². The molecular formula is C25H26ClN3O4S. The Morgan fingerprint density at radius 3 is 2.44 bits per heavy atom. The Bertz CT molecular complexity index is 1320. The van der Waals surface area contributed by atoms with E-state index in [9.17, 15) is 13.2 Å². The Balaban J connectivity index is 1.59. The standard InChI is InChI=1S/C25H26ClN3O4S/c1-17-7-8-19(15-18(17)2)28-34(31,32)20-9-10-22(26)21(16-20)25(30)27-23-5-3-4-6-24(23)29-11-13-33-14-12-29/h3-10,15-16,28H,11-14H2,1-2H3,(H,27,30). The second kappa shape index (κ2) is 10.0. The Morgan fingerprint density at radius 2 is 1.71 bits per heavy atom. The molecule has 1 saturated heterocycles. The van der Waals surface area contributed by atoms with Gasteiger partial charge in [-0.2, -0.15) is 0 Å². The van der Waals surface area contributed by atoms with E-state index in [1.165, 1.54) is 18.2 Å². The molecule has 2 N–H and O–H groups in total. The lowest BCUT2D eigenvalue weighted by Crippen LogP contribution is -2.36. The number of anilines is 3. The fourth-order valence-corrected chi connectivity index (χ4v) is 4.99. The summed E-state index contributed by atoms with van der Waals surface area (Å²) in [6.07, 6.45) is 0. The molecule has 0 spiro atoms. The van der Waals surface area contributed by atoms with Crippen molar-refractivity contribution < 1.29 is 17.9 Å². The average molecular weight is 500 g/mol. The van der Waals surface area contributed by atoms with Crippen LogP contribution in [0.4, 0.5) is 17.1 Å². The number of ether oxygens (including phenoxy) is 1. The van der Waals surface area contributed by atoms with Gasteiger partial charge in [0.25, 0.3) is 15.9 Å². The van der Waals surface area contributed by atoms with Crippen molar-refractivity contribution in [3.63, 3.8) is 0 Å². The Labute approximate surface area is 204 Å². The zero-order valence-corrected chi connectivity index (χ0v) is 20.5. The summed E-state index contributed by atoms with van der Waals surface area (Å²) < 4.78 is 34.0. The van der Waals surface area contributed by atoms with E-state index in [0.717, 1.165) is 16.8 Å². The molecule has 1 aliphatic rings. The summed E-state index contributed by atoms with van der Waals surface area (Å²) in [7, 11) is -3.92. The molecular weight excluding hydrogens is 474 g/mol. The first-order valence-corrected chi connectivity index (χ1v) is 12.7. The predicted molar refractivity (Wildman–Crippen MR) is 136 cm³/mol. The Hall–Kier alpha value is -3.07. The fourth-order valence-electron chi connectivity index (χ4n) is 3.71. The van der Waals surface area contributed by atoms with Crippen molar-refractivity contribution >= 4 is 44.6 Å². The van der Waals surface area contributed by atoms with E-state index in [-0.39, 0.29) is 15.5 Å². The van der Waals surface area contributed by atoms with Crippen LogP contribution in [0.2, 0.25) is 5.02 Å². The van der Waals surface area contributed by atoms with Crippen molar-refractivity contribution in [3.05, 3.63) is 82.4 Å². The second-order valence-electron chi connectivity index (χ2n) is 8.12. The third-order valence-electron chi connectivity index (χ3n) is 5.76. The normalized spacial score (nSPS) is 14.0. The number of hydrogen-bond acceptors (Lipinski definition) is 5. The molecule has 3 aromatic carbocycles. The van der Waals surface area contributed by atoms with Crippen LogP contribution in [0.3, 0.4) is 0 Å². The first kappa shape index (κ1) is 24.1. The lowest BCUT2D eigenvalue weighted by molar-refractivity contribution is 0.102. The van der Waals surface area contributed by atoms with Gasteiger partial charge in [-0.25, -0.2) is 8.42 Å². The molecule has 0 unspecified atom stereocenters. The number of halogens is 1. The number of morpholine rings is 1. The van der Waals surface area contributed by atoms with Gasteiger partial charge in [0.1, 0.15) is 0 Å². The minimum absolute atomic E-state index is 0.0539. The Kier molecular flexibility index (Phi) is 7.11. The molecule has 1 amide bonds. The van der Waals surface area contributed by atoms with Gasteiger partial charge in [-0.3, -0.25) is 9.52 Å². The van der Waals surface area contributed by atoms with Gasteiger partial charge in [0, 0.05) is 18.8 Å². The van der Waals surface area contributed by atoms with Gasteiger partial charge in [0.2, 0.25) is 0 Å². The van der Waals surface area contributed by atoms with Gasteiger partial charge in [0.15, 0.2) is 0 Å². The van der Waals surface area contributed by atoms with Crippen molar-refractivity contribution in [3.8, 4) is 0 Å². The van der Waals surface area contributed by atoms with E-state index in [1.54, 1.807) is 18.2 Å². The van der Waals surface area contributed by atoms with Crippen LogP contribution in [-0.2, 0) is 14.8 Å². The number of rotatable bonds is 6. The number of para-hydroxylation sites is 2. The summed E-state index contributed by atoms with van der Waals surface area (Å²) >= 11 is 6.29. The molecule has 0 saturated carbocycles. The topological polar surface area (TPSA) is 87.7 Å². The average Bonchev–Trinajstić information content (AvgIpc) is 2.82. The zero-order chi connectivity index (χ0) is 24.3. The predicted octanol–water partition coefficient (Wildman–Crippen LogP) is 4.85. The van der Waals surface area contributed by atoms with E-state index in [0.29, 0.717) is 37.7 Å². The SMILES string of the molecule is Cc1ccc(NS(=O)(=O)c2ccc(Cl)c(C(=O)Nc3ccccc3N3CCOCC3)c2)cc1C. The number of sulfonamides is 1. The summed E-state index contributed by atoms with van der Waals surface area (Å²) in [6.45, 7) is 6.52. The monoisotopic (exact) mass is 499 g/mol. The van der Waals surface area contributed by atoms with Crippen molar-refractivity contribution in [2.75, 3.05) is 41.2 Å². The van der Waals surface area contributed by atoms with Crippen LogP contribution in [0.15, 0.2) is 65.6 Å². The highest BCUT2D eigenvalue weighted by Gasteiger charge is 2.21. The smallest absolute Gasteiger partial charge is 0.261 e. The van der Waals surface area contributed by atoms with E-state index in [1.807, 2.05) is 38.1 Å². The molecule has 34 heavy (non-hydrogen) atoms. The third kappa shape index (κ3) is 5.35. The highest BCUT2D eigenvalue weighted by Crippen LogP contribution is 2.29. The summed E-state index contributed by atoms with van der Waals surface area (Å²) in [6, 6.07) is 16.9. The molecule has 1 fully saturated rings. The number of aryl methyl sites for hydroxylation is 2. The summed E-state index contributed by atoms with van der Waals surface area (Å²) in [5.41, 5.74) is 4.04. The van der Waals surface area contributed by atoms with E-state index < -0.39 is 15.9 Å². The minimum atomic E-state index is -3.92. The van der Waals surface area contributed by atoms with Crippen LogP contribution in [0, 0.1) is 13.8 Å². The molecule has 0 aromatic heterocycles. The number of carbonyl (C=O) groups excluding carboxylic acids is 1. The van der Waals surface area contributed by atoms with Gasteiger partial charge in [0.05, 0.1) is 40.1 Å². The maximum absolute atomic E-state index is 13.1. The van der Waals surface area contributed by atoms with Gasteiger partial charge in [-0.1, -0.05) is 29.8 Å². The molecule has 0 bridgehead atoms. The largest absolute Gasteiger partial charge is 0.378 e. The molecule has 0 aliphatic carbocycles. The number of nitrogens with one attached hydrogen (secondary N) is 2. The molecule has 4 rings (SSSR count). The third-order valence-corrected chi connectivity index (χ3v) is 7.46. The number of nitrogens with zero attached hydrogens (tertiary/aromatic N) is 1. The van der Waals surface area contributed by atoms with E-state index in [2.05, 4.69) is 14.9 Å². The highest BCUT2D eigenvalue weighted by molar-refractivity contribution is 7.92. The number of amides is 1. The fraction of sp³-hybridized carbons (Fsp3) is 0.240. The Morgan fingerprint density at radius 1 is 0.971 bits per heavy atom. The van der Waals surface area contributed by atoms with Crippen LogP contribution in [0.1, 0.15) is 21.5 Å². The van der Waals surface area contributed by atoms with Crippen LogP contribution in [0.5, 0.6) is 0 Å². The molecule has 9 heteroatoms. The lowest BCUT2D eigenvalue weighted by Gasteiger charge is -2.30. The minimum Gasteiger partial charge on any atom is -0.378 e. The molecule has 178 valence electrons. The van der Waals surface area contributed by atoms with Crippen LogP contribution in [-0.4, -0.2) is 40.6 Å². The summed E-state index contributed by atoms with van der Waals surface area (Å²) in [4.78, 5) is 15.2.